The monoisotopic (exact) mass is 480 g/mol. The van der Waals surface area contributed by atoms with Gasteiger partial charge in [0.25, 0.3) is 11.8 Å². The summed E-state index contributed by atoms with van der Waals surface area (Å²) in [7, 11) is 0. The van der Waals surface area contributed by atoms with Crippen LogP contribution in [0.3, 0.4) is 0 Å². The standard InChI is InChI=1S/C26H22ClFN2O2S/c1-2-3-7-17-10-13-19(14-11-17)30-25(31)23(29-18-12-15-22(28)21(27)16-18)24(26(30)32)33-20-8-5-4-6-9-20/h4-6,8-16,29H,2-3,7H2,1H3. The lowest BCUT2D eigenvalue weighted by atomic mass is 10.1. The summed E-state index contributed by atoms with van der Waals surface area (Å²) in [4.78, 5) is 29.0. The number of halogens is 2. The third-order valence-corrected chi connectivity index (χ3v) is 6.59. The van der Waals surface area contributed by atoms with Gasteiger partial charge in [-0.2, -0.15) is 0 Å². The molecule has 3 aromatic rings. The fourth-order valence-corrected chi connectivity index (χ4v) is 4.59. The van der Waals surface area contributed by atoms with E-state index in [0.29, 0.717) is 11.4 Å². The van der Waals surface area contributed by atoms with E-state index in [0.717, 1.165) is 29.7 Å². The van der Waals surface area contributed by atoms with Crippen molar-refractivity contribution < 1.29 is 14.0 Å². The van der Waals surface area contributed by atoms with Crippen molar-refractivity contribution in [2.45, 2.75) is 31.1 Å². The number of nitrogens with zero attached hydrogens (tertiary/aromatic N) is 1. The van der Waals surface area contributed by atoms with Gasteiger partial charge in [-0.15, -0.1) is 0 Å². The molecule has 1 aliphatic rings. The summed E-state index contributed by atoms with van der Waals surface area (Å²) in [6.07, 6.45) is 3.12. The molecule has 0 spiro atoms. The van der Waals surface area contributed by atoms with Gasteiger partial charge in [-0.05, 0) is 60.9 Å². The summed E-state index contributed by atoms with van der Waals surface area (Å²) in [6, 6.07) is 20.9. The minimum Gasteiger partial charge on any atom is -0.350 e. The van der Waals surface area contributed by atoms with Gasteiger partial charge in [0.15, 0.2) is 0 Å². The van der Waals surface area contributed by atoms with E-state index in [4.69, 9.17) is 11.6 Å². The second-order valence-corrected chi connectivity index (χ2v) is 9.08. The Bertz CT molecular complexity index is 1210. The summed E-state index contributed by atoms with van der Waals surface area (Å²) in [5, 5.41) is 2.92. The molecule has 3 aromatic carbocycles. The third-order valence-electron chi connectivity index (χ3n) is 5.21. The number of carbonyl (C=O) groups is 2. The summed E-state index contributed by atoms with van der Waals surface area (Å²) in [5.74, 6) is -1.44. The maximum Gasteiger partial charge on any atom is 0.283 e. The SMILES string of the molecule is CCCCc1ccc(N2C(=O)C(Nc3ccc(F)c(Cl)c3)=C(Sc3ccccc3)C2=O)cc1. The Hall–Kier alpha value is -3.09. The molecule has 4 nitrogen and oxygen atoms in total. The number of rotatable bonds is 8. The highest BCUT2D eigenvalue weighted by Crippen LogP contribution is 2.38. The number of aryl methyl sites for hydroxylation is 1. The van der Waals surface area contributed by atoms with E-state index in [1.807, 2.05) is 42.5 Å². The highest BCUT2D eigenvalue weighted by Gasteiger charge is 2.40. The molecule has 0 saturated carbocycles. The van der Waals surface area contributed by atoms with Gasteiger partial charge in [0.1, 0.15) is 16.4 Å². The molecule has 0 unspecified atom stereocenters. The Kier molecular flexibility index (Phi) is 7.16. The smallest absolute Gasteiger partial charge is 0.283 e. The first kappa shape index (κ1) is 23.1. The van der Waals surface area contributed by atoms with Gasteiger partial charge in [-0.25, -0.2) is 9.29 Å². The number of imide groups is 1. The molecule has 33 heavy (non-hydrogen) atoms. The quantitative estimate of drug-likeness (QED) is 0.360. The number of unbranched alkanes of at least 4 members (excludes halogenated alkanes) is 1. The summed E-state index contributed by atoms with van der Waals surface area (Å²) < 4.78 is 13.6. The van der Waals surface area contributed by atoms with E-state index in [-0.39, 0.29) is 15.6 Å². The lowest BCUT2D eigenvalue weighted by Gasteiger charge is -2.16. The van der Waals surface area contributed by atoms with Crippen molar-refractivity contribution in [3.05, 3.63) is 99.8 Å². The van der Waals surface area contributed by atoms with Crippen LogP contribution in [-0.4, -0.2) is 11.8 Å². The molecular weight excluding hydrogens is 459 g/mol. The van der Waals surface area contributed by atoms with E-state index in [1.165, 1.54) is 34.9 Å². The van der Waals surface area contributed by atoms with Crippen LogP contribution in [-0.2, 0) is 16.0 Å². The first-order chi connectivity index (χ1) is 16.0. The van der Waals surface area contributed by atoms with Crippen LogP contribution >= 0.6 is 23.4 Å². The highest BCUT2D eigenvalue weighted by atomic mass is 35.5. The van der Waals surface area contributed by atoms with Crippen LogP contribution in [0, 0.1) is 5.82 Å². The normalized spacial score (nSPS) is 13.7. The van der Waals surface area contributed by atoms with Crippen molar-refractivity contribution in [2.75, 3.05) is 10.2 Å². The lowest BCUT2D eigenvalue weighted by molar-refractivity contribution is -0.120. The van der Waals surface area contributed by atoms with Gasteiger partial charge < -0.3 is 5.32 Å². The van der Waals surface area contributed by atoms with Gasteiger partial charge >= 0.3 is 0 Å². The number of benzene rings is 3. The molecule has 0 aliphatic carbocycles. The van der Waals surface area contributed by atoms with E-state index in [2.05, 4.69) is 12.2 Å². The number of anilines is 2. The van der Waals surface area contributed by atoms with Crippen molar-refractivity contribution in [2.24, 2.45) is 0 Å². The molecule has 0 atom stereocenters. The largest absolute Gasteiger partial charge is 0.350 e. The van der Waals surface area contributed by atoms with Crippen LogP contribution < -0.4 is 10.2 Å². The first-order valence-corrected chi connectivity index (χ1v) is 11.8. The Morgan fingerprint density at radius 1 is 0.970 bits per heavy atom. The Morgan fingerprint density at radius 3 is 2.36 bits per heavy atom. The van der Waals surface area contributed by atoms with Crippen LogP contribution in [0.4, 0.5) is 15.8 Å². The molecule has 168 valence electrons. The van der Waals surface area contributed by atoms with E-state index >= 15 is 0 Å². The molecule has 0 fully saturated rings. The molecule has 0 radical (unpaired) electrons. The van der Waals surface area contributed by atoms with Crippen molar-refractivity contribution >= 4 is 46.6 Å². The van der Waals surface area contributed by atoms with Crippen LogP contribution in [0.1, 0.15) is 25.3 Å². The average Bonchev–Trinajstić information content (AvgIpc) is 3.05. The van der Waals surface area contributed by atoms with Gasteiger partial charge in [-0.3, -0.25) is 9.59 Å². The van der Waals surface area contributed by atoms with Gasteiger partial charge in [0, 0.05) is 10.6 Å². The summed E-state index contributed by atoms with van der Waals surface area (Å²) in [6.45, 7) is 2.14. The number of hydrogen-bond acceptors (Lipinski definition) is 4. The lowest BCUT2D eigenvalue weighted by Crippen LogP contribution is -2.32. The molecule has 1 heterocycles. The van der Waals surface area contributed by atoms with Crippen molar-refractivity contribution in [1.82, 2.24) is 0 Å². The molecule has 0 bridgehead atoms. The number of nitrogens with one attached hydrogen (secondary N) is 1. The molecule has 1 aliphatic heterocycles. The third kappa shape index (κ3) is 5.13. The molecule has 2 amide bonds. The second-order valence-electron chi connectivity index (χ2n) is 7.59. The molecule has 1 N–H and O–H groups in total. The van der Waals surface area contributed by atoms with Crippen LogP contribution in [0.25, 0.3) is 0 Å². The number of thioether (sulfide) groups is 1. The Morgan fingerprint density at radius 2 is 1.70 bits per heavy atom. The zero-order valence-corrected chi connectivity index (χ0v) is 19.5. The number of hydrogen-bond donors (Lipinski definition) is 1. The summed E-state index contributed by atoms with van der Waals surface area (Å²) in [5.41, 5.74) is 2.21. The second kappa shape index (κ2) is 10.2. The Balaban J connectivity index is 1.68. The minimum absolute atomic E-state index is 0.0749. The predicted octanol–water partition coefficient (Wildman–Crippen LogP) is 6.81. The maximum atomic E-state index is 13.6. The zero-order chi connectivity index (χ0) is 23.4. The fourth-order valence-electron chi connectivity index (χ4n) is 3.47. The Labute approximate surface area is 201 Å². The predicted molar refractivity (Wildman–Crippen MR) is 132 cm³/mol. The number of amides is 2. The van der Waals surface area contributed by atoms with E-state index in [1.54, 1.807) is 12.1 Å². The topological polar surface area (TPSA) is 49.4 Å². The molecule has 7 heteroatoms. The molecular formula is C26H22ClFN2O2S. The first-order valence-electron chi connectivity index (χ1n) is 10.6. The minimum atomic E-state index is -0.561. The van der Waals surface area contributed by atoms with Gasteiger partial charge in [0.05, 0.1) is 10.7 Å². The zero-order valence-electron chi connectivity index (χ0n) is 18.0. The van der Waals surface area contributed by atoms with Crippen molar-refractivity contribution in [1.29, 1.82) is 0 Å². The summed E-state index contributed by atoms with van der Waals surface area (Å²) >= 11 is 7.12. The van der Waals surface area contributed by atoms with Crippen molar-refractivity contribution in [3.8, 4) is 0 Å². The highest BCUT2D eigenvalue weighted by molar-refractivity contribution is 8.04. The fraction of sp³-hybridized carbons (Fsp3) is 0.154. The van der Waals surface area contributed by atoms with Gasteiger partial charge in [-0.1, -0.05) is 67.0 Å². The van der Waals surface area contributed by atoms with E-state index < -0.39 is 17.6 Å². The van der Waals surface area contributed by atoms with E-state index in [9.17, 15) is 14.0 Å². The van der Waals surface area contributed by atoms with Crippen LogP contribution in [0.2, 0.25) is 5.02 Å². The van der Waals surface area contributed by atoms with Gasteiger partial charge in [0.2, 0.25) is 0 Å². The molecule has 0 saturated heterocycles. The molecule has 4 rings (SSSR count). The van der Waals surface area contributed by atoms with Crippen LogP contribution in [0.15, 0.2) is 88.3 Å². The maximum absolute atomic E-state index is 13.6. The van der Waals surface area contributed by atoms with Crippen molar-refractivity contribution in [3.63, 3.8) is 0 Å². The van der Waals surface area contributed by atoms with Crippen LogP contribution in [0.5, 0.6) is 0 Å². The number of carbonyl (C=O) groups excluding carboxylic acids is 2. The molecule has 0 aromatic heterocycles. The average molecular weight is 481 g/mol.